The van der Waals surface area contributed by atoms with E-state index in [9.17, 15) is 0 Å². The smallest absolute Gasteiger partial charge is 0.0205 e. The van der Waals surface area contributed by atoms with Crippen molar-refractivity contribution < 1.29 is 0 Å². The molecule has 1 aromatic rings. The highest BCUT2D eigenvalue weighted by Gasteiger charge is 2.12. The molecule has 0 bridgehead atoms. The molecule has 1 unspecified atom stereocenters. The second-order valence-electron chi connectivity index (χ2n) is 4.47. The van der Waals surface area contributed by atoms with Crippen LogP contribution in [0.1, 0.15) is 24.8 Å². The van der Waals surface area contributed by atoms with Gasteiger partial charge in [-0.2, -0.15) is 11.8 Å². The molecule has 1 saturated heterocycles. The molecule has 1 atom stereocenters. The maximum absolute atomic E-state index is 3.58. The van der Waals surface area contributed by atoms with Crippen molar-refractivity contribution in [2.75, 3.05) is 18.6 Å². The van der Waals surface area contributed by atoms with E-state index in [0.717, 1.165) is 18.3 Å². The van der Waals surface area contributed by atoms with Crippen LogP contribution in [0.4, 0.5) is 0 Å². The molecule has 2 rings (SSSR count). The van der Waals surface area contributed by atoms with Gasteiger partial charge in [0, 0.05) is 23.2 Å². The Labute approximate surface area is 113 Å². The summed E-state index contributed by atoms with van der Waals surface area (Å²) in [5.74, 6) is 1.36. The predicted molar refractivity (Wildman–Crippen MR) is 80.0 cm³/mol. The van der Waals surface area contributed by atoms with Crippen molar-refractivity contribution >= 4 is 23.5 Å². The molecule has 3 heteroatoms. The monoisotopic (exact) mass is 267 g/mol. The van der Waals surface area contributed by atoms with E-state index in [0.29, 0.717) is 0 Å². The molecule has 1 fully saturated rings. The summed E-state index contributed by atoms with van der Waals surface area (Å²) >= 11 is 3.94. The van der Waals surface area contributed by atoms with E-state index in [-0.39, 0.29) is 0 Å². The molecule has 0 spiro atoms. The van der Waals surface area contributed by atoms with Crippen LogP contribution in [0.3, 0.4) is 0 Å². The van der Waals surface area contributed by atoms with Crippen molar-refractivity contribution in [1.82, 2.24) is 5.32 Å². The summed E-state index contributed by atoms with van der Waals surface area (Å²) in [5.41, 5.74) is 1.39. The number of nitrogens with one attached hydrogen (secondary N) is 1. The number of thioether (sulfide) groups is 2. The van der Waals surface area contributed by atoms with Gasteiger partial charge in [0.2, 0.25) is 0 Å². The molecule has 1 aliphatic rings. The number of hydrogen-bond acceptors (Lipinski definition) is 3. The fraction of sp³-hybridized carbons (Fsp3) is 0.571. The highest BCUT2D eigenvalue weighted by Crippen LogP contribution is 2.24. The van der Waals surface area contributed by atoms with E-state index in [2.05, 4.69) is 47.6 Å². The third-order valence-corrected chi connectivity index (χ3v) is 5.28. The van der Waals surface area contributed by atoms with Gasteiger partial charge in [0.1, 0.15) is 0 Å². The maximum atomic E-state index is 3.58. The molecule has 0 aromatic heterocycles. The van der Waals surface area contributed by atoms with Gasteiger partial charge in [0.15, 0.2) is 0 Å². The van der Waals surface area contributed by atoms with Crippen molar-refractivity contribution in [3.63, 3.8) is 0 Å². The number of rotatable bonds is 5. The lowest BCUT2D eigenvalue weighted by molar-refractivity contribution is 0.598. The van der Waals surface area contributed by atoms with Gasteiger partial charge in [-0.3, -0.25) is 0 Å². The minimum atomic E-state index is 0.842. The largest absolute Gasteiger partial charge is 0.312 e. The Balaban J connectivity index is 1.69. The topological polar surface area (TPSA) is 12.0 Å². The van der Waals surface area contributed by atoms with Crippen LogP contribution in [0.25, 0.3) is 0 Å². The molecule has 0 radical (unpaired) electrons. The second kappa shape index (κ2) is 7.34. The SMILES string of the molecule is CSc1ccc(CNCC2CCCCS2)cc1. The summed E-state index contributed by atoms with van der Waals surface area (Å²) in [6.07, 6.45) is 6.34. The molecule has 1 heterocycles. The summed E-state index contributed by atoms with van der Waals surface area (Å²) in [5, 5.41) is 4.42. The van der Waals surface area contributed by atoms with Gasteiger partial charge in [-0.05, 0) is 42.5 Å². The normalized spacial score (nSPS) is 20.4. The molecule has 1 aromatic carbocycles. The predicted octanol–water partition coefficient (Wildman–Crippen LogP) is 3.78. The average molecular weight is 267 g/mol. The van der Waals surface area contributed by atoms with Crippen LogP contribution in [0.5, 0.6) is 0 Å². The third-order valence-electron chi connectivity index (χ3n) is 3.13. The Morgan fingerprint density at radius 3 is 2.76 bits per heavy atom. The van der Waals surface area contributed by atoms with Crippen LogP contribution >= 0.6 is 23.5 Å². The molecule has 1 nitrogen and oxygen atoms in total. The van der Waals surface area contributed by atoms with E-state index >= 15 is 0 Å². The zero-order chi connectivity index (χ0) is 11.9. The van der Waals surface area contributed by atoms with Crippen molar-refractivity contribution in [3.05, 3.63) is 29.8 Å². The number of hydrogen-bond donors (Lipinski definition) is 1. The van der Waals surface area contributed by atoms with Gasteiger partial charge < -0.3 is 5.32 Å². The zero-order valence-electron chi connectivity index (χ0n) is 10.4. The van der Waals surface area contributed by atoms with Gasteiger partial charge in [0.25, 0.3) is 0 Å². The van der Waals surface area contributed by atoms with Crippen LogP contribution in [0, 0.1) is 0 Å². The lowest BCUT2D eigenvalue weighted by atomic mass is 10.2. The molecule has 94 valence electrons. The van der Waals surface area contributed by atoms with Crippen molar-refractivity contribution in [3.8, 4) is 0 Å². The zero-order valence-corrected chi connectivity index (χ0v) is 12.1. The minimum Gasteiger partial charge on any atom is -0.312 e. The summed E-state index contributed by atoms with van der Waals surface area (Å²) in [6, 6.07) is 8.87. The number of benzene rings is 1. The highest BCUT2D eigenvalue weighted by molar-refractivity contribution is 8.00. The summed E-state index contributed by atoms with van der Waals surface area (Å²) in [6.45, 7) is 2.17. The highest BCUT2D eigenvalue weighted by atomic mass is 32.2. The molecule has 17 heavy (non-hydrogen) atoms. The van der Waals surface area contributed by atoms with Crippen molar-refractivity contribution in [1.29, 1.82) is 0 Å². The van der Waals surface area contributed by atoms with Crippen LogP contribution in [0.2, 0.25) is 0 Å². The molecular weight excluding hydrogens is 246 g/mol. The maximum Gasteiger partial charge on any atom is 0.0205 e. The van der Waals surface area contributed by atoms with Gasteiger partial charge in [-0.1, -0.05) is 18.6 Å². The molecular formula is C14H21NS2. The van der Waals surface area contributed by atoms with Crippen LogP contribution in [-0.4, -0.2) is 23.8 Å². The lowest BCUT2D eigenvalue weighted by Gasteiger charge is -2.21. The first kappa shape index (κ1) is 13.3. The molecule has 1 N–H and O–H groups in total. The molecule has 1 aliphatic heterocycles. The Morgan fingerprint density at radius 2 is 2.12 bits per heavy atom. The Bertz CT molecular complexity index is 317. The van der Waals surface area contributed by atoms with E-state index < -0.39 is 0 Å². The van der Waals surface area contributed by atoms with E-state index in [1.54, 1.807) is 11.8 Å². The Kier molecular flexibility index (Phi) is 5.75. The van der Waals surface area contributed by atoms with Crippen molar-refractivity contribution in [2.45, 2.75) is 36.0 Å². The van der Waals surface area contributed by atoms with Crippen LogP contribution < -0.4 is 5.32 Å². The first-order valence-corrected chi connectivity index (χ1v) is 8.61. The van der Waals surface area contributed by atoms with Crippen molar-refractivity contribution in [2.24, 2.45) is 0 Å². The standard InChI is InChI=1S/C14H21NS2/c1-16-13-7-5-12(6-8-13)10-15-11-14-4-2-3-9-17-14/h5-8,14-15H,2-4,9-11H2,1H3. The lowest BCUT2D eigenvalue weighted by Crippen LogP contribution is -2.26. The Morgan fingerprint density at radius 1 is 1.29 bits per heavy atom. The van der Waals surface area contributed by atoms with Gasteiger partial charge in [-0.25, -0.2) is 0 Å². The summed E-state index contributed by atoms with van der Waals surface area (Å²) in [7, 11) is 0. The van der Waals surface area contributed by atoms with Gasteiger partial charge >= 0.3 is 0 Å². The summed E-state index contributed by atoms with van der Waals surface area (Å²) < 4.78 is 0. The van der Waals surface area contributed by atoms with E-state index in [4.69, 9.17) is 0 Å². The molecule has 0 amide bonds. The molecule has 0 saturated carbocycles. The van der Waals surface area contributed by atoms with Crippen LogP contribution in [-0.2, 0) is 6.54 Å². The fourth-order valence-corrected chi connectivity index (χ4v) is 3.77. The summed E-state index contributed by atoms with van der Waals surface area (Å²) in [4.78, 5) is 1.34. The first-order chi connectivity index (χ1) is 8.38. The second-order valence-corrected chi connectivity index (χ2v) is 6.76. The quantitative estimate of drug-likeness (QED) is 0.815. The van der Waals surface area contributed by atoms with Gasteiger partial charge in [-0.15, -0.1) is 11.8 Å². The van der Waals surface area contributed by atoms with E-state index in [1.807, 2.05) is 0 Å². The van der Waals surface area contributed by atoms with Gasteiger partial charge in [0.05, 0.1) is 0 Å². The Hall–Kier alpha value is -0.120. The van der Waals surface area contributed by atoms with E-state index in [1.165, 1.54) is 35.5 Å². The minimum absolute atomic E-state index is 0.842. The fourth-order valence-electron chi connectivity index (χ4n) is 2.09. The third kappa shape index (κ3) is 4.57. The average Bonchev–Trinajstić information content (AvgIpc) is 2.41. The molecule has 0 aliphatic carbocycles. The first-order valence-electron chi connectivity index (χ1n) is 6.34. The van der Waals surface area contributed by atoms with Crippen LogP contribution in [0.15, 0.2) is 29.2 Å².